The average Bonchev–Trinajstić information content (AvgIpc) is 2.33. The summed E-state index contributed by atoms with van der Waals surface area (Å²) in [5.41, 5.74) is 4.56. The minimum absolute atomic E-state index is 0.796. The molecule has 0 saturated carbocycles. The number of rotatable bonds is 0. The third-order valence-corrected chi connectivity index (χ3v) is 2.68. The summed E-state index contributed by atoms with van der Waals surface area (Å²) >= 11 is 0. The van der Waals surface area contributed by atoms with Crippen molar-refractivity contribution < 1.29 is 0 Å². The van der Waals surface area contributed by atoms with Gasteiger partial charge in [0, 0.05) is 0 Å². The number of aryl methyl sites for hydroxylation is 2. The fourth-order valence-electron chi connectivity index (χ4n) is 1.93. The highest BCUT2D eigenvalue weighted by Gasteiger charge is 2.17. The van der Waals surface area contributed by atoms with Gasteiger partial charge in [-0.2, -0.15) is 0 Å². The summed E-state index contributed by atoms with van der Waals surface area (Å²) in [4.78, 5) is 0. The zero-order valence-electron chi connectivity index (χ0n) is 7.22. The molecule has 0 heteroatoms. The van der Waals surface area contributed by atoms with E-state index in [1.54, 1.807) is 11.1 Å². The van der Waals surface area contributed by atoms with E-state index in [9.17, 15) is 0 Å². The van der Waals surface area contributed by atoms with Crippen LogP contribution in [0.5, 0.6) is 0 Å². The zero-order chi connectivity index (χ0) is 7.84. The maximum Gasteiger partial charge on any atom is -0.0184 e. The molecule has 1 aromatic carbocycles. The van der Waals surface area contributed by atoms with Crippen molar-refractivity contribution in [1.82, 2.24) is 0 Å². The molecule has 1 aliphatic carbocycles. The first-order chi connectivity index (χ1) is 5.27. The van der Waals surface area contributed by atoms with Gasteiger partial charge in [0.1, 0.15) is 0 Å². The Morgan fingerprint density at radius 3 is 3.00 bits per heavy atom. The van der Waals surface area contributed by atoms with Crippen molar-refractivity contribution in [2.75, 3.05) is 0 Å². The molecule has 11 heavy (non-hydrogen) atoms. The number of hydrogen-bond donors (Lipinski definition) is 0. The quantitative estimate of drug-likeness (QED) is 0.527. The number of hydrogen-bond acceptors (Lipinski definition) is 0. The minimum atomic E-state index is 0.796. The second-order valence-corrected chi connectivity index (χ2v) is 3.64. The van der Waals surface area contributed by atoms with E-state index in [2.05, 4.69) is 32.0 Å². The van der Waals surface area contributed by atoms with Gasteiger partial charge in [0.2, 0.25) is 0 Å². The molecule has 0 spiro atoms. The molecule has 0 unspecified atom stereocenters. The Labute approximate surface area is 68.3 Å². The molecule has 1 atom stereocenters. The van der Waals surface area contributed by atoms with Crippen LogP contribution in [0.25, 0.3) is 0 Å². The summed E-state index contributed by atoms with van der Waals surface area (Å²) in [6.07, 6.45) is 2.63. The Hall–Kier alpha value is -0.780. The Kier molecular flexibility index (Phi) is 1.49. The predicted molar refractivity (Wildman–Crippen MR) is 47.9 cm³/mol. The third-order valence-electron chi connectivity index (χ3n) is 2.68. The lowest BCUT2D eigenvalue weighted by Gasteiger charge is -2.04. The van der Waals surface area contributed by atoms with Crippen LogP contribution in [0.1, 0.15) is 36.0 Å². The van der Waals surface area contributed by atoms with Gasteiger partial charge in [-0.1, -0.05) is 30.7 Å². The monoisotopic (exact) mass is 146 g/mol. The van der Waals surface area contributed by atoms with E-state index >= 15 is 0 Å². The van der Waals surface area contributed by atoms with Crippen LogP contribution in [0.15, 0.2) is 18.2 Å². The van der Waals surface area contributed by atoms with Gasteiger partial charge in [-0.05, 0) is 36.8 Å². The molecule has 0 fully saturated rings. The van der Waals surface area contributed by atoms with E-state index in [1.807, 2.05) is 0 Å². The normalized spacial score (nSPS) is 21.8. The first-order valence-electron chi connectivity index (χ1n) is 4.37. The van der Waals surface area contributed by atoms with Crippen LogP contribution in [0.2, 0.25) is 0 Å². The van der Waals surface area contributed by atoms with Gasteiger partial charge in [-0.25, -0.2) is 0 Å². The van der Waals surface area contributed by atoms with Crippen molar-refractivity contribution in [2.24, 2.45) is 0 Å². The standard InChI is InChI=1S/C11H14/c1-8-3-5-10-6-4-9(2)11(10)7-8/h3,5,7,9H,4,6H2,1-2H3/t9-/m0/s1. The second kappa shape index (κ2) is 2.37. The smallest absolute Gasteiger partial charge is 0.0184 e. The van der Waals surface area contributed by atoms with Crippen LogP contribution >= 0.6 is 0 Å². The second-order valence-electron chi connectivity index (χ2n) is 3.64. The average molecular weight is 146 g/mol. The third kappa shape index (κ3) is 1.07. The summed E-state index contributed by atoms with van der Waals surface area (Å²) in [5.74, 6) is 0.796. The molecule has 0 bridgehead atoms. The molecular weight excluding hydrogens is 132 g/mol. The Morgan fingerprint density at radius 1 is 1.36 bits per heavy atom. The van der Waals surface area contributed by atoms with Crippen molar-refractivity contribution in [3.8, 4) is 0 Å². The largest absolute Gasteiger partial charge is 0.0590 e. The molecule has 0 aliphatic heterocycles. The molecular formula is C11H14. The van der Waals surface area contributed by atoms with Crippen LogP contribution in [0.3, 0.4) is 0 Å². The summed E-state index contributed by atoms with van der Waals surface area (Å²) in [5, 5.41) is 0. The lowest BCUT2D eigenvalue weighted by molar-refractivity contribution is 0.747. The SMILES string of the molecule is Cc1ccc2c(c1)[C@@H](C)CC2. The van der Waals surface area contributed by atoms with E-state index < -0.39 is 0 Å². The minimum Gasteiger partial charge on any atom is -0.0590 e. The topological polar surface area (TPSA) is 0 Å². The van der Waals surface area contributed by atoms with Gasteiger partial charge in [0.05, 0.1) is 0 Å². The highest BCUT2D eigenvalue weighted by atomic mass is 14.2. The highest BCUT2D eigenvalue weighted by molar-refractivity contribution is 5.37. The van der Waals surface area contributed by atoms with Crippen molar-refractivity contribution in [2.45, 2.75) is 32.6 Å². The molecule has 0 aromatic heterocycles. The van der Waals surface area contributed by atoms with Gasteiger partial charge in [-0.15, -0.1) is 0 Å². The summed E-state index contributed by atoms with van der Waals surface area (Å²) < 4.78 is 0. The van der Waals surface area contributed by atoms with Crippen molar-refractivity contribution >= 4 is 0 Å². The predicted octanol–water partition coefficient (Wildman–Crippen LogP) is 3.04. The Balaban J connectivity index is 2.52. The lowest BCUT2D eigenvalue weighted by Crippen LogP contribution is -1.86. The molecule has 2 rings (SSSR count). The van der Waals surface area contributed by atoms with Crippen molar-refractivity contribution in [3.05, 3.63) is 34.9 Å². The first kappa shape index (κ1) is 6.90. The van der Waals surface area contributed by atoms with Gasteiger partial charge < -0.3 is 0 Å². The van der Waals surface area contributed by atoms with Gasteiger partial charge in [0.15, 0.2) is 0 Å². The van der Waals surface area contributed by atoms with Crippen molar-refractivity contribution in [3.63, 3.8) is 0 Å². The number of fused-ring (bicyclic) bond motifs is 1. The summed E-state index contributed by atoms with van der Waals surface area (Å²) in [7, 11) is 0. The Morgan fingerprint density at radius 2 is 2.18 bits per heavy atom. The Bertz CT molecular complexity index is 273. The van der Waals surface area contributed by atoms with Crippen LogP contribution in [-0.2, 0) is 6.42 Å². The van der Waals surface area contributed by atoms with Gasteiger partial charge in [-0.3, -0.25) is 0 Å². The molecule has 1 aromatic rings. The maximum absolute atomic E-state index is 2.34. The molecule has 58 valence electrons. The van der Waals surface area contributed by atoms with Crippen LogP contribution in [0.4, 0.5) is 0 Å². The van der Waals surface area contributed by atoms with E-state index in [0.717, 1.165) is 5.92 Å². The molecule has 0 nitrogen and oxygen atoms in total. The highest BCUT2D eigenvalue weighted by Crippen LogP contribution is 2.32. The first-order valence-corrected chi connectivity index (χ1v) is 4.37. The fourth-order valence-corrected chi connectivity index (χ4v) is 1.93. The van der Waals surface area contributed by atoms with E-state index in [1.165, 1.54) is 18.4 Å². The van der Waals surface area contributed by atoms with E-state index in [0.29, 0.717) is 0 Å². The van der Waals surface area contributed by atoms with E-state index in [4.69, 9.17) is 0 Å². The number of benzene rings is 1. The van der Waals surface area contributed by atoms with E-state index in [-0.39, 0.29) is 0 Å². The van der Waals surface area contributed by atoms with Crippen molar-refractivity contribution in [1.29, 1.82) is 0 Å². The maximum atomic E-state index is 2.34. The van der Waals surface area contributed by atoms with Crippen LogP contribution < -0.4 is 0 Å². The molecule has 0 heterocycles. The molecule has 0 radical (unpaired) electrons. The van der Waals surface area contributed by atoms with Gasteiger partial charge >= 0.3 is 0 Å². The zero-order valence-corrected chi connectivity index (χ0v) is 7.22. The summed E-state index contributed by atoms with van der Waals surface area (Å²) in [6, 6.07) is 6.85. The lowest BCUT2D eigenvalue weighted by atomic mass is 10.0. The molecule has 1 aliphatic rings. The van der Waals surface area contributed by atoms with Gasteiger partial charge in [0.25, 0.3) is 0 Å². The van der Waals surface area contributed by atoms with Crippen LogP contribution in [0, 0.1) is 6.92 Å². The molecule has 0 amide bonds. The van der Waals surface area contributed by atoms with Crippen LogP contribution in [-0.4, -0.2) is 0 Å². The molecule has 0 saturated heterocycles. The molecule has 0 N–H and O–H groups in total. The fraction of sp³-hybridized carbons (Fsp3) is 0.455. The summed E-state index contributed by atoms with van der Waals surface area (Å²) in [6.45, 7) is 4.50.